The van der Waals surface area contributed by atoms with E-state index < -0.39 is 0 Å². The predicted octanol–water partition coefficient (Wildman–Crippen LogP) is 7.98. The van der Waals surface area contributed by atoms with Crippen LogP contribution >= 0.6 is 0 Å². The van der Waals surface area contributed by atoms with Crippen molar-refractivity contribution in [1.82, 2.24) is 0 Å². The second-order valence-corrected chi connectivity index (χ2v) is 14.0. The Balaban J connectivity index is 1.49. The molecule has 2 unspecified atom stereocenters. The molecular formula is C36H38. The average molecular weight is 471 g/mol. The second-order valence-electron chi connectivity index (χ2n) is 14.0. The standard InChI is InChI=1S/C36H38/c1-3-29-9-5-7-11-32(29)36(33-12-8-6-10-30(33)4-2)31-17-27-16-28(18-31)23-35(36,22-27)34-19-24-13-25(20-34)15-26(14-24)21-34/h1-2,5-12,24-28,31H,13-23H2. The lowest BCUT2D eigenvalue weighted by Gasteiger charge is -2.77. The first-order valence-electron chi connectivity index (χ1n) is 14.7. The molecule has 0 spiro atoms. The molecule has 0 N–H and O–H groups in total. The van der Waals surface area contributed by atoms with Gasteiger partial charge in [0.05, 0.1) is 0 Å². The summed E-state index contributed by atoms with van der Waals surface area (Å²) in [7, 11) is 0. The van der Waals surface area contributed by atoms with E-state index in [-0.39, 0.29) is 10.8 Å². The molecule has 36 heavy (non-hydrogen) atoms. The maximum absolute atomic E-state index is 6.31. The highest BCUT2D eigenvalue weighted by Crippen LogP contribution is 2.81. The molecule has 0 aliphatic heterocycles. The first kappa shape index (κ1) is 21.6. The molecule has 8 fully saturated rings. The van der Waals surface area contributed by atoms with Gasteiger partial charge >= 0.3 is 0 Å². The third-order valence-electron chi connectivity index (χ3n) is 12.6. The van der Waals surface area contributed by atoms with E-state index in [1.54, 1.807) is 0 Å². The Morgan fingerprint density at radius 2 is 0.972 bits per heavy atom. The molecule has 0 heterocycles. The Hall–Kier alpha value is -2.44. The van der Waals surface area contributed by atoms with Crippen LogP contribution in [0.1, 0.15) is 92.9 Å². The van der Waals surface area contributed by atoms with Crippen LogP contribution in [0.3, 0.4) is 0 Å². The van der Waals surface area contributed by atoms with Crippen molar-refractivity contribution in [3.05, 3.63) is 70.8 Å². The molecule has 0 aromatic heterocycles. The summed E-state index contributed by atoms with van der Waals surface area (Å²) in [5, 5.41) is 0. The molecule has 2 aromatic carbocycles. The van der Waals surface area contributed by atoms with Gasteiger partial charge in [0.1, 0.15) is 0 Å². The molecule has 8 aliphatic carbocycles. The molecule has 0 radical (unpaired) electrons. The zero-order valence-corrected chi connectivity index (χ0v) is 21.5. The van der Waals surface area contributed by atoms with Gasteiger partial charge in [-0.15, -0.1) is 12.8 Å². The first-order valence-corrected chi connectivity index (χ1v) is 14.7. The Kier molecular flexibility index (Phi) is 4.40. The number of hydrogen-bond acceptors (Lipinski definition) is 0. The molecule has 10 rings (SSSR count). The van der Waals surface area contributed by atoms with Crippen molar-refractivity contribution in [2.75, 3.05) is 0 Å². The SMILES string of the molecule is C#Cc1ccccc1C1(c2ccccc2C#C)C2CC3CC(C2)CC1(C12CC4CC(CC(C4)C1)C2)C3. The van der Waals surface area contributed by atoms with E-state index in [0.717, 1.165) is 40.7 Å². The topological polar surface area (TPSA) is 0 Å². The minimum atomic E-state index is -0.0714. The van der Waals surface area contributed by atoms with Gasteiger partial charge in [0.2, 0.25) is 0 Å². The Morgan fingerprint density at radius 1 is 0.556 bits per heavy atom. The van der Waals surface area contributed by atoms with E-state index in [2.05, 4.69) is 60.4 Å². The molecular weight excluding hydrogens is 432 g/mol. The van der Waals surface area contributed by atoms with Crippen molar-refractivity contribution < 1.29 is 0 Å². The number of hydrogen-bond donors (Lipinski definition) is 0. The van der Waals surface area contributed by atoms with Gasteiger partial charge in [0.25, 0.3) is 0 Å². The highest BCUT2D eigenvalue weighted by molar-refractivity contribution is 5.59. The summed E-state index contributed by atoms with van der Waals surface area (Å²) in [4.78, 5) is 0. The third-order valence-corrected chi connectivity index (χ3v) is 12.6. The van der Waals surface area contributed by atoms with Crippen LogP contribution in [0, 0.1) is 71.0 Å². The smallest absolute Gasteiger partial charge is 0.0317 e. The normalized spacial score (nSPS) is 42.7. The Morgan fingerprint density at radius 3 is 1.42 bits per heavy atom. The summed E-state index contributed by atoms with van der Waals surface area (Å²) in [5.41, 5.74) is 5.75. The zero-order valence-electron chi connectivity index (χ0n) is 21.5. The molecule has 2 atom stereocenters. The second kappa shape index (κ2) is 7.32. The third kappa shape index (κ3) is 2.50. The number of terminal acetylenes is 2. The van der Waals surface area contributed by atoms with E-state index in [1.807, 2.05) is 0 Å². The maximum atomic E-state index is 6.31. The summed E-state index contributed by atoms with van der Waals surface area (Å²) in [6.45, 7) is 0. The Bertz CT molecular complexity index is 1200. The molecule has 8 saturated carbocycles. The highest BCUT2D eigenvalue weighted by atomic mass is 14.8. The molecule has 0 heteroatoms. The van der Waals surface area contributed by atoms with Crippen molar-refractivity contribution in [3.8, 4) is 24.7 Å². The summed E-state index contributed by atoms with van der Waals surface area (Å²) in [6.07, 6.45) is 28.5. The van der Waals surface area contributed by atoms with Gasteiger partial charge in [-0.05, 0) is 140 Å². The molecule has 2 aromatic rings. The molecule has 0 amide bonds. The van der Waals surface area contributed by atoms with Crippen LogP contribution in [0.2, 0.25) is 0 Å². The van der Waals surface area contributed by atoms with Gasteiger partial charge in [-0.1, -0.05) is 48.2 Å². The van der Waals surface area contributed by atoms with Crippen molar-refractivity contribution in [2.45, 2.75) is 76.0 Å². The van der Waals surface area contributed by atoms with E-state index in [1.165, 1.54) is 81.8 Å². The number of rotatable bonds is 3. The maximum Gasteiger partial charge on any atom is 0.0317 e. The van der Waals surface area contributed by atoms with Crippen LogP contribution in [-0.2, 0) is 5.41 Å². The van der Waals surface area contributed by atoms with Gasteiger partial charge < -0.3 is 0 Å². The fraction of sp³-hybridized carbons (Fsp3) is 0.556. The first-order chi connectivity index (χ1) is 17.6. The van der Waals surface area contributed by atoms with Crippen molar-refractivity contribution >= 4 is 0 Å². The van der Waals surface area contributed by atoms with E-state index in [9.17, 15) is 0 Å². The van der Waals surface area contributed by atoms with E-state index >= 15 is 0 Å². The highest BCUT2D eigenvalue weighted by Gasteiger charge is 2.75. The average Bonchev–Trinajstić information content (AvgIpc) is 2.88. The van der Waals surface area contributed by atoms with E-state index in [4.69, 9.17) is 12.8 Å². The van der Waals surface area contributed by atoms with Crippen molar-refractivity contribution in [1.29, 1.82) is 0 Å². The zero-order chi connectivity index (χ0) is 24.1. The Labute approximate surface area is 217 Å². The lowest BCUT2D eigenvalue weighted by molar-refractivity contribution is -0.234. The monoisotopic (exact) mass is 470 g/mol. The quantitative estimate of drug-likeness (QED) is 0.399. The molecule has 8 bridgehead atoms. The van der Waals surface area contributed by atoms with Crippen LogP contribution in [-0.4, -0.2) is 0 Å². The van der Waals surface area contributed by atoms with Crippen molar-refractivity contribution in [2.24, 2.45) is 46.3 Å². The van der Waals surface area contributed by atoms with Gasteiger partial charge in [-0.3, -0.25) is 0 Å². The van der Waals surface area contributed by atoms with Crippen molar-refractivity contribution in [3.63, 3.8) is 0 Å². The van der Waals surface area contributed by atoms with Crippen LogP contribution in [0.5, 0.6) is 0 Å². The summed E-state index contributed by atoms with van der Waals surface area (Å²) in [6, 6.07) is 18.1. The minimum Gasteiger partial charge on any atom is -0.115 e. The lowest BCUT2D eigenvalue weighted by atomic mass is 9.27. The molecule has 0 nitrogen and oxygen atoms in total. The van der Waals surface area contributed by atoms with Crippen LogP contribution in [0.25, 0.3) is 0 Å². The molecule has 8 aliphatic rings. The molecule has 0 saturated heterocycles. The summed E-state index contributed by atoms with van der Waals surface area (Å²) < 4.78 is 0. The minimum absolute atomic E-state index is 0.0714. The van der Waals surface area contributed by atoms with Crippen LogP contribution in [0.15, 0.2) is 48.5 Å². The van der Waals surface area contributed by atoms with Gasteiger partial charge in [-0.2, -0.15) is 0 Å². The van der Waals surface area contributed by atoms with Gasteiger partial charge in [0, 0.05) is 16.5 Å². The fourth-order valence-electron chi connectivity index (χ4n) is 12.6. The fourth-order valence-corrected chi connectivity index (χ4v) is 12.6. The number of benzene rings is 2. The van der Waals surface area contributed by atoms with Gasteiger partial charge in [0.15, 0.2) is 0 Å². The van der Waals surface area contributed by atoms with Crippen LogP contribution < -0.4 is 0 Å². The lowest BCUT2D eigenvalue weighted by Crippen LogP contribution is -2.71. The predicted molar refractivity (Wildman–Crippen MR) is 146 cm³/mol. The molecule has 182 valence electrons. The van der Waals surface area contributed by atoms with Gasteiger partial charge in [-0.25, -0.2) is 0 Å². The van der Waals surface area contributed by atoms with E-state index in [0.29, 0.717) is 11.3 Å². The summed E-state index contributed by atoms with van der Waals surface area (Å²) in [5.74, 6) is 11.6. The largest absolute Gasteiger partial charge is 0.115 e. The van der Waals surface area contributed by atoms with Crippen LogP contribution in [0.4, 0.5) is 0 Å². The summed E-state index contributed by atoms with van der Waals surface area (Å²) >= 11 is 0.